The van der Waals surface area contributed by atoms with Gasteiger partial charge in [-0.25, -0.2) is 9.07 Å². The van der Waals surface area contributed by atoms with Crippen LogP contribution in [0.4, 0.5) is 15.8 Å². The zero-order valence-corrected chi connectivity index (χ0v) is 16.0. The molecule has 29 heavy (non-hydrogen) atoms. The minimum atomic E-state index is -0.328. The maximum Gasteiger partial charge on any atom is 0.259 e. The fourth-order valence-corrected chi connectivity index (χ4v) is 3.17. The van der Waals surface area contributed by atoms with Crippen molar-refractivity contribution in [1.29, 1.82) is 0 Å². The Labute approximate surface area is 167 Å². The van der Waals surface area contributed by atoms with Crippen LogP contribution < -0.4 is 10.6 Å². The molecule has 1 aliphatic carbocycles. The summed E-state index contributed by atoms with van der Waals surface area (Å²) in [6.45, 7) is 1.93. The standard InChI is InChI=1S/C22H21FN4O2/c1-2-20-19(13-24-27(20)18-10-8-15(23)9-11-18)22(29)26-17-5-3-4-16(12-17)25-21(28)14-6-7-14/h3-5,8-14H,2,6-7H2,1H3,(H,25,28)(H,26,29). The molecule has 0 bridgehead atoms. The van der Waals surface area contributed by atoms with Crippen LogP contribution in [0.2, 0.25) is 0 Å². The van der Waals surface area contributed by atoms with Gasteiger partial charge in [0.25, 0.3) is 5.91 Å². The van der Waals surface area contributed by atoms with Crippen molar-refractivity contribution < 1.29 is 14.0 Å². The minimum Gasteiger partial charge on any atom is -0.326 e. The first kappa shape index (κ1) is 18.9. The highest BCUT2D eigenvalue weighted by atomic mass is 19.1. The summed E-state index contributed by atoms with van der Waals surface area (Å²) in [5, 5.41) is 10.0. The third kappa shape index (κ3) is 4.18. The van der Waals surface area contributed by atoms with Crippen molar-refractivity contribution in [2.45, 2.75) is 26.2 Å². The third-order valence-corrected chi connectivity index (χ3v) is 4.86. The minimum absolute atomic E-state index is 0.0160. The lowest BCUT2D eigenvalue weighted by molar-refractivity contribution is -0.117. The summed E-state index contributed by atoms with van der Waals surface area (Å²) in [6.07, 6.45) is 3.95. The molecule has 0 spiro atoms. The van der Waals surface area contributed by atoms with E-state index in [1.165, 1.54) is 18.3 Å². The molecular formula is C22H21FN4O2. The molecular weight excluding hydrogens is 371 g/mol. The molecule has 3 aromatic rings. The maximum absolute atomic E-state index is 13.2. The summed E-state index contributed by atoms with van der Waals surface area (Å²) in [7, 11) is 0. The topological polar surface area (TPSA) is 76.0 Å². The van der Waals surface area contributed by atoms with E-state index >= 15 is 0 Å². The van der Waals surface area contributed by atoms with Crippen LogP contribution in [0.1, 0.15) is 35.8 Å². The molecule has 1 fully saturated rings. The van der Waals surface area contributed by atoms with Gasteiger partial charge in [-0.2, -0.15) is 5.10 Å². The van der Waals surface area contributed by atoms with Crippen LogP contribution in [0, 0.1) is 11.7 Å². The second kappa shape index (κ2) is 7.87. The lowest BCUT2D eigenvalue weighted by atomic mass is 10.1. The number of benzene rings is 2. The first-order valence-electron chi connectivity index (χ1n) is 9.60. The van der Waals surface area contributed by atoms with Gasteiger partial charge in [0.05, 0.1) is 23.1 Å². The Hall–Kier alpha value is -3.48. The molecule has 0 radical (unpaired) electrons. The van der Waals surface area contributed by atoms with E-state index in [4.69, 9.17) is 0 Å². The highest BCUT2D eigenvalue weighted by Gasteiger charge is 2.29. The van der Waals surface area contributed by atoms with E-state index in [9.17, 15) is 14.0 Å². The van der Waals surface area contributed by atoms with E-state index in [1.54, 1.807) is 41.1 Å². The Balaban J connectivity index is 1.53. The lowest BCUT2D eigenvalue weighted by Crippen LogP contribution is -2.15. The molecule has 4 rings (SSSR count). The van der Waals surface area contributed by atoms with Gasteiger partial charge in [-0.3, -0.25) is 9.59 Å². The van der Waals surface area contributed by atoms with E-state index in [0.717, 1.165) is 18.5 Å². The number of carbonyl (C=O) groups is 2. The molecule has 2 amide bonds. The molecule has 1 aromatic heterocycles. The Morgan fingerprint density at radius 2 is 1.79 bits per heavy atom. The summed E-state index contributed by atoms with van der Waals surface area (Å²) in [5.41, 5.74) is 3.10. The third-order valence-electron chi connectivity index (χ3n) is 4.86. The molecule has 6 nitrogen and oxygen atoms in total. The second-order valence-corrected chi connectivity index (χ2v) is 7.05. The average molecular weight is 392 g/mol. The average Bonchev–Trinajstić information content (AvgIpc) is 3.48. The monoisotopic (exact) mass is 392 g/mol. The van der Waals surface area contributed by atoms with Gasteiger partial charge in [0.1, 0.15) is 5.82 Å². The molecule has 0 atom stereocenters. The maximum atomic E-state index is 13.2. The molecule has 0 saturated heterocycles. The predicted octanol–water partition coefficient (Wildman–Crippen LogP) is 4.17. The molecule has 0 aliphatic heterocycles. The van der Waals surface area contributed by atoms with Gasteiger partial charge in [-0.05, 0) is 61.7 Å². The van der Waals surface area contributed by atoms with E-state index in [1.807, 2.05) is 6.92 Å². The zero-order chi connectivity index (χ0) is 20.4. The Morgan fingerprint density at radius 3 is 2.45 bits per heavy atom. The van der Waals surface area contributed by atoms with Gasteiger partial charge >= 0.3 is 0 Å². The highest BCUT2D eigenvalue weighted by Crippen LogP contribution is 2.30. The molecule has 1 aliphatic rings. The predicted molar refractivity (Wildman–Crippen MR) is 109 cm³/mol. The number of anilines is 2. The summed E-state index contributed by atoms with van der Waals surface area (Å²) >= 11 is 0. The van der Waals surface area contributed by atoms with Crippen LogP contribution in [0.3, 0.4) is 0 Å². The van der Waals surface area contributed by atoms with Crippen LogP contribution in [0.25, 0.3) is 5.69 Å². The van der Waals surface area contributed by atoms with E-state index in [-0.39, 0.29) is 23.5 Å². The van der Waals surface area contributed by atoms with Crippen molar-refractivity contribution in [2.24, 2.45) is 5.92 Å². The molecule has 2 aromatic carbocycles. The number of nitrogens with zero attached hydrogens (tertiary/aromatic N) is 2. The van der Waals surface area contributed by atoms with Crippen molar-refractivity contribution in [3.05, 3.63) is 71.8 Å². The van der Waals surface area contributed by atoms with E-state index in [2.05, 4.69) is 15.7 Å². The fraction of sp³-hybridized carbons (Fsp3) is 0.227. The van der Waals surface area contributed by atoms with Crippen molar-refractivity contribution in [2.75, 3.05) is 10.6 Å². The van der Waals surface area contributed by atoms with Gasteiger partial charge in [-0.1, -0.05) is 13.0 Å². The zero-order valence-electron chi connectivity index (χ0n) is 16.0. The van der Waals surface area contributed by atoms with Crippen LogP contribution in [-0.2, 0) is 11.2 Å². The first-order valence-corrected chi connectivity index (χ1v) is 9.60. The number of hydrogen-bond acceptors (Lipinski definition) is 3. The van der Waals surface area contributed by atoms with Crippen molar-refractivity contribution >= 4 is 23.2 Å². The SMILES string of the molecule is CCc1c(C(=O)Nc2cccc(NC(=O)C3CC3)c2)cnn1-c1ccc(F)cc1. The van der Waals surface area contributed by atoms with Gasteiger partial charge in [0.2, 0.25) is 5.91 Å². The lowest BCUT2D eigenvalue weighted by Gasteiger charge is -2.10. The normalized spacial score (nSPS) is 13.2. The van der Waals surface area contributed by atoms with Gasteiger partial charge in [-0.15, -0.1) is 0 Å². The largest absolute Gasteiger partial charge is 0.326 e. The second-order valence-electron chi connectivity index (χ2n) is 7.05. The molecule has 0 unspecified atom stereocenters. The van der Waals surface area contributed by atoms with Crippen molar-refractivity contribution in [3.63, 3.8) is 0 Å². The molecule has 7 heteroatoms. The summed E-state index contributed by atoms with van der Waals surface area (Å²) in [4.78, 5) is 24.8. The van der Waals surface area contributed by atoms with E-state index in [0.29, 0.717) is 29.0 Å². The number of halogens is 1. The molecule has 148 valence electrons. The number of rotatable bonds is 6. The smallest absolute Gasteiger partial charge is 0.259 e. The van der Waals surface area contributed by atoms with Gasteiger partial charge < -0.3 is 10.6 Å². The first-order chi connectivity index (χ1) is 14.0. The quantitative estimate of drug-likeness (QED) is 0.661. The van der Waals surface area contributed by atoms with Crippen molar-refractivity contribution in [3.8, 4) is 5.69 Å². The van der Waals surface area contributed by atoms with Crippen LogP contribution >= 0.6 is 0 Å². The van der Waals surface area contributed by atoms with Crippen LogP contribution in [-0.4, -0.2) is 21.6 Å². The summed E-state index contributed by atoms with van der Waals surface area (Å²) in [5.74, 6) is -0.494. The summed E-state index contributed by atoms with van der Waals surface area (Å²) < 4.78 is 14.8. The molecule has 1 saturated carbocycles. The van der Waals surface area contributed by atoms with Crippen LogP contribution in [0.15, 0.2) is 54.7 Å². The fourth-order valence-electron chi connectivity index (χ4n) is 3.17. The Bertz CT molecular complexity index is 1050. The Kier molecular flexibility index (Phi) is 5.12. The van der Waals surface area contributed by atoms with Gasteiger partial charge in [0.15, 0.2) is 0 Å². The van der Waals surface area contributed by atoms with Crippen molar-refractivity contribution in [1.82, 2.24) is 9.78 Å². The highest BCUT2D eigenvalue weighted by molar-refractivity contribution is 6.05. The molecule has 2 N–H and O–H groups in total. The number of aromatic nitrogens is 2. The molecule has 1 heterocycles. The van der Waals surface area contributed by atoms with Crippen LogP contribution in [0.5, 0.6) is 0 Å². The number of amides is 2. The number of hydrogen-bond donors (Lipinski definition) is 2. The number of nitrogens with one attached hydrogen (secondary N) is 2. The van der Waals surface area contributed by atoms with E-state index < -0.39 is 0 Å². The number of carbonyl (C=O) groups excluding carboxylic acids is 2. The Morgan fingerprint density at radius 1 is 1.10 bits per heavy atom. The van der Waals surface area contributed by atoms with Gasteiger partial charge in [0, 0.05) is 17.3 Å². The summed E-state index contributed by atoms with van der Waals surface area (Å²) in [6, 6.07) is 13.0.